The minimum Gasteiger partial charge on any atom is -0.494 e. The molecule has 0 saturated heterocycles. The Kier molecular flexibility index (Phi) is 4.95. The molecular formula is C27H25N5O3. The van der Waals surface area contributed by atoms with Gasteiger partial charge in [-0.3, -0.25) is 13.9 Å². The third-order valence-corrected chi connectivity index (χ3v) is 6.67. The molecule has 1 aliphatic heterocycles. The maximum absolute atomic E-state index is 13.7. The molecule has 176 valence electrons. The fourth-order valence-corrected chi connectivity index (χ4v) is 4.95. The van der Waals surface area contributed by atoms with Crippen LogP contribution in [0.5, 0.6) is 5.75 Å². The zero-order chi connectivity index (χ0) is 24.1. The van der Waals surface area contributed by atoms with Crippen LogP contribution in [0.15, 0.2) is 76.3 Å². The second kappa shape index (κ2) is 8.16. The summed E-state index contributed by atoms with van der Waals surface area (Å²) in [6.07, 6.45) is 0. The van der Waals surface area contributed by atoms with Crippen LogP contribution < -0.4 is 20.9 Å². The van der Waals surface area contributed by atoms with Crippen molar-refractivity contribution in [3.63, 3.8) is 0 Å². The number of aryl methyl sites for hydroxylation is 1. The first kappa shape index (κ1) is 21.2. The van der Waals surface area contributed by atoms with Gasteiger partial charge in [-0.2, -0.15) is 4.98 Å². The average Bonchev–Trinajstić information content (AvgIpc) is 3.46. The molecular weight excluding hydrogens is 442 g/mol. The van der Waals surface area contributed by atoms with E-state index in [4.69, 9.17) is 9.72 Å². The van der Waals surface area contributed by atoms with Crippen molar-refractivity contribution in [3.8, 4) is 5.75 Å². The van der Waals surface area contributed by atoms with Crippen molar-refractivity contribution >= 4 is 33.6 Å². The zero-order valence-electron chi connectivity index (χ0n) is 19.6. The van der Waals surface area contributed by atoms with Gasteiger partial charge in [-0.05, 0) is 47.5 Å². The molecule has 0 amide bonds. The van der Waals surface area contributed by atoms with Crippen molar-refractivity contribution in [2.75, 3.05) is 18.1 Å². The molecule has 0 unspecified atom stereocenters. The maximum Gasteiger partial charge on any atom is 0.332 e. The van der Waals surface area contributed by atoms with Crippen molar-refractivity contribution in [3.05, 3.63) is 93.1 Å². The summed E-state index contributed by atoms with van der Waals surface area (Å²) in [6, 6.07) is 21.8. The molecule has 2 aromatic heterocycles. The summed E-state index contributed by atoms with van der Waals surface area (Å²) in [5, 5.41) is 2.11. The molecule has 0 atom stereocenters. The SMILES string of the molecule is CCOc1ccc(N2CCn3c2nc2c3c(=O)n(Cc3cccc4ccccc34)c(=O)n2C)cc1. The molecule has 0 radical (unpaired) electrons. The number of nitrogens with zero attached hydrogens (tertiary/aromatic N) is 5. The third kappa shape index (κ3) is 3.32. The van der Waals surface area contributed by atoms with Crippen molar-refractivity contribution < 1.29 is 4.74 Å². The number of benzene rings is 3. The van der Waals surface area contributed by atoms with Gasteiger partial charge in [0.1, 0.15) is 5.75 Å². The topological polar surface area (TPSA) is 74.3 Å². The van der Waals surface area contributed by atoms with E-state index in [2.05, 4.69) is 4.90 Å². The molecule has 8 nitrogen and oxygen atoms in total. The standard InChI is InChI=1S/C27H25N5O3/c1-3-35-21-13-11-20(12-14-21)30-15-16-31-23-24(28-26(30)31)29(2)27(34)32(25(23)33)17-19-9-6-8-18-7-4-5-10-22(18)19/h4-14H,3,15-17H2,1-2H3. The Bertz CT molecular complexity index is 1690. The van der Waals surface area contributed by atoms with E-state index in [0.717, 1.165) is 27.8 Å². The molecule has 0 saturated carbocycles. The van der Waals surface area contributed by atoms with Crippen LogP contribution in [0.1, 0.15) is 12.5 Å². The largest absolute Gasteiger partial charge is 0.494 e. The van der Waals surface area contributed by atoms with Gasteiger partial charge in [0, 0.05) is 25.8 Å². The summed E-state index contributed by atoms with van der Waals surface area (Å²) in [6.45, 7) is 4.07. The number of anilines is 2. The van der Waals surface area contributed by atoms with Crippen molar-refractivity contribution in [2.45, 2.75) is 20.0 Å². The van der Waals surface area contributed by atoms with E-state index in [9.17, 15) is 9.59 Å². The van der Waals surface area contributed by atoms with Crippen LogP contribution in [0.2, 0.25) is 0 Å². The van der Waals surface area contributed by atoms with E-state index in [-0.39, 0.29) is 17.8 Å². The van der Waals surface area contributed by atoms with Crippen molar-refractivity contribution in [2.24, 2.45) is 7.05 Å². The van der Waals surface area contributed by atoms with Crippen LogP contribution in [-0.4, -0.2) is 31.8 Å². The lowest BCUT2D eigenvalue weighted by Gasteiger charge is -2.16. The Hall–Kier alpha value is -4.33. The highest BCUT2D eigenvalue weighted by molar-refractivity contribution is 5.85. The molecule has 6 rings (SSSR count). The second-order valence-electron chi connectivity index (χ2n) is 8.69. The summed E-state index contributed by atoms with van der Waals surface area (Å²) in [5.41, 5.74) is 2.06. The Morgan fingerprint density at radius 2 is 1.71 bits per heavy atom. The lowest BCUT2D eigenvalue weighted by molar-refractivity contribution is 0.340. The molecule has 0 fully saturated rings. The minimum atomic E-state index is -0.375. The highest BCUT2D eigenvalue weighted by Gasteiger charge is 2.28. The van der Waals surface area contributed by atoms with Gasteiger partial charge in [0.05, 0.1) is 13.2 Å². The first-order valence-electron chi connectivity index (χ1n) is 11.7. The normalized spacial score (nSPS) is 13.0. The van der Waals surface area contributed by atoms with E-state index >= 15 is 0 Å². The van der Waals surface area contributed by atoms with E-state index in [0.29, 0.717) is 36.8 Å². The summed E-state index contributed by atoms with van der Waals surface area (Å²) >= 11 is 0. The number of fused-ring (bicyclic) bond motifs is 4. The van der Waals surface area contributed by atoms with Gasteiger partial charge in [-0.25, -0.2) is 4.79 Å². The minimum absolute atomic E-state index is 0.200. The van der Waals surface area contributed by atoms with Crippen LogP contribution in [0, 0.1) is 0 Å². The lowest BCUT2D eigenvalue weighted by Crippen LogP contribution is -2.40. The molecule has 0 spiro atoms. The van der Waals surface area contributed by atoms with E-state index in [1.54, 1.807) is 7.05 Å². The van der Waals surface area contributed by atoms with Gasteiger partial charge in [0.25, 0.3) is 5.56 Å². The molecule has 0 bridgehead atoms. The van der Waals surface area contributed by atoms with Crippen molar-refractivity contribution in [1.82, 2.24) is 18.7 Å². The summed E-state index contributed by atoms with van der Waals surface area (Å²) in [4.78, 5) is 33.7. The van der Waals surface area contributed by atoms with E-state index < -0.39 is 0 Å². The Labute approximate surface area is 201 Å². The van der Waals surface area contributed by atoms with Gasteiger partial charge < -0.3 is 14.2 Å². The van der Waals surface area contributed by atoms with Crippen LogP contribution in [0.4, 0.5) is 11.6 Å². The highest BCUT2D eigenvalue weighted by Crippen LogP contribution is 2.32. The predicted octanol–water partition coefficient (Wildman–Crippen LogP) is 3.65. The van der Waals surface area contributed by atoms with Crippen LogP contribution in [0.3, 0.4) is 0 Å². The third-order valence-electron chi connectivity index (χ3n) is 6.67. The van der Waals surface area contributed by atoms with Gasteiger partial charge in [0.2, 0.25) is 5.95 Å². The highest BCUT2D eigenvalue weighted by atomic mass is 16.5. The number of aromatic nitrogens is 4. The number of imidazole rings is 1. The quantitative estimate of drug-likeness (QED) is 0.395. The number of hydrogen-bond donors (Lipinski definition) is 0. The number of hydrogen-bond acceptors (Lipinski definition) is 5. The van der Waals surface area contributed by atoms with Gasteiger partial charge in [-0.1, -0.05) is 42.5 Å². The smallest absolute Gasteiger partial charge is 0.332 e. The fourth-order valence-electron chi connectivity index (χ4n) is 4.95. The van der Waals surface area contributed by atoms with Gasteiger partial charge in [-0.15, -0.1) is 0 Å². The molecule has 5 aromatic rings. The monoisotopic (exact) mass is 467 g/mol. The fraction of sp³-hybridized carbons (Fsp3) is 0.222. The number of rotatable bonds is 5. The first-order chi connectivity index (χ1) is 17.1. The lowest BCUT2D eigenvalue weighted by atomic mass is 10.0. The second-order valence-corrected chi connectivity index (χ2v) is 8.69. The molecule has 0 N–H and O–H groups in total. The Morgan fingerprint density at radius 3 is 2.51 bits per heavy atom. The Morgan fingerprint density at radius 1 is 0.943 bits per heavy atom. The zero-order valence-corrected chi connectivity index (χ0v) is 19.6. The molecule has 3 aromatic carbocycles. The molecule has 35 heavy (non-hydrogen) atoms. The molecule has 0 aliphatic carbocycles. The number of ether oxygens (including phenoxy) is 1. The van der Waals surface area contributed by atoms with Gasteiger partial charge >= 0.3 is 5.69 Å². The summed E-state index contributed by atoms with van der Waals surface area (Å²) < 4.78 is 10.3. The molecule has 3 heterocycles. The van der Waals surface area contributed by atoms with E-state index in [1.165, 1.54) is 9.13 Å². The van der Waals surface area contributed by atoms with Crippen molar-refractivity contribution in [1.29, 1.82) is 0 Å². The molecule has 1 aliphatic rings. The maximum atomic E-state index is 13.7. The first-order valence-corrected chi connectivity index (χ1v) is 11.7. The molecule has 8 heteroatoms. The van der Waals surface area contributed by atoms with Crippen LogP contribution >= 0.6 is 0 Å². The summed E-state index contributed by atoms with van der Waals surface area (Å²) in [7, 11) is 1.67. The van der Waals surface area contributed by atoms with Crippen LogP contribution in [-0.2, 0) is 20.1 Å². The van der Waals surface area contributed by atoms with Crippen LogP contribution in [0.25, 0.3) is 21.9 Å². The van der Waals surface area contributed by atoms with Gasteiger partial charge in [0.15, 0.2) is 11.2 Å². The average molecular weight is 468 g/mol. The van der Waals surface area contributed by atoms with E-state index in [1.807, 2.05) is 78.2 Å². The predicted molar refractivity (Wildman–Crippen MR) is 137 cm³/mol. The summed E-state index contributed by atoms with van der Waals surface area (Å²) in [5.74, 6) is 1.47. The Balaban J connectivity index is 1.46.